The van der Waals surface area contributed by atoms with E-state index in [2.05, 4.69) is 9.97 Å². The third kappa shape index (κ3) is 4.05. The summed E-state index contributed by atoms with van der Waals surface area (Å²) >= 11 is 6.56. The SMILES string of the molecule is Cc1ncsc1CCOCc1ccnc(C(N)=S)c1. The molecule has 0 bridgehead atoms. The van der Waals surface area contributed by atoms with Gasteiger partial charge in [-0.2, -0.15) is 0 Å². The lowest BCUT2D eigenvalue weighted by Crippen LogP contribution is -2.12. The quantitative estimate of drug-likeness (QED) is 0.654. The number of nitrogens with two attached hydrogens (primary N) is 1. The predicted molar refractivity (Wildman–Crippen MR) is 80.3 cm³/mol. The van der Waals surface area contributed by atoms with Gasteiger partial charge in [0.05, 0.1) is 30.1 Å². The zero-order valence-electron chi connectivity index (χ0n) is 10.6. The van der Waals surface area contributed by atoms with E-state index in [-0.39, 0.29) is 0 Å². The summed E-state index contributed by atoms with van der Waals surface area (Å²) in [5, 5.41) is 0. The Balaban J connectivity index is 1.81. The Kier molecular flexibility index (Phi) is 4.95. The fourth-order valence-corrected chi connectivity index (χ4v) is 2.49. The molecule has 100 valence electrons. The second-order valence-electron chi connectivity index (χ2n) is 4.08. The van der Waals surface area contributed by atoms with Crippen LogP contribution in [0.4, 0.5) is 0 Å². The van der Waals surface area contributed by atoms with Crippen LogP contribution >= 0.6 is 23.6 Å². The average molecular weight is 293 g/mol. The molecular formula is C13H15N3OS2. The highest BCUT2D eigenvalue weighted by atomic mass is 32.1. The molecule has 0 atom stereocenters. The minimum absolute atomic E-state index is 0.308. The number of ether oxygens (including phenoxy) is 1. The Morgan fingerprint density at radius 1 is 1.47 bits per heavy atom. The standard InChI is InChI=1S/C13H15N3OS2/c1-9-12(19-8-16-9)3-5-17-7-10-2-4-15-11(6-10)13(14)18/h2,4,6,8H,3,5,7H2,1H3,(H2,14,18). The van der Waals surface area contributed by atoms with Gasteiger partial charge in [0.15, 0.2) is 0 Å². The maximum Gasteiger partial charge on any atom is 0.122 e. The van der Waals surface area contributed by atoms with Gasteiger partial charge in [0, 0.05) is 17.5 Å². The van der Waals surface area contributed by atoms with Crippen molar-refractivity contribution in [2.45, 2.75) is 20.0 Å². The van der Waals surface area contributed by atoms with Crippen molar-refractivity contribution in [2.24, 2.45) is 5.73 Å². The Hall–Kier alpha value is -1.37. The summed E-state index contributed by atoms with van der Waals surface area (Å²) in [5.41, 5.74) is 10.2. The van der Waals surface area contributed by atoms with Gasteiger partial charge < -0.3 is 10.5 Å². The number of nitrogens with zero attached hydrogens (tertiary/aromatic N) is 2. The predicted octanol–water partition coefficient (Wildman–Crippen LogP) is 2.24. The normalized spacial score (nSPS) is 10.6. The van der Waals surface area contributed by atoms with Gasteiger partial charge in [0.2, 0.25) is 0 Å². The maximum atomic E-state index is 5.65. The Morgan fingerprint density at radius 3 is 3.00 bits per heavy atom. The van der Waals surface area contributed by atoms with Crippen molar-refractivity contribution < 1.29 is 4.74 Å². The molecule has 0 spiro atoms. The summed E-state index contributed by atoms with van der Waals surface area (Å²) in [6, 6.07) is 3.76. The molecule has 0 unspecified atom stereocenters. The topological polar surface area (TPSA) is 61.0 Å². The van der Waals surface area contributed by atoms with Crippen molar-refractivity contribution in [3.8, 4) is 0 Å². The van der Waals surface area contributed by atoms with E-state index < -0.39 is 0 Å². The zero-order valence-corrected chi connectivity index (χ0v) is 12.3. The van der Waals surface area contributed by atoms with E-state index in [1.807, 2.05) is 24.6 Å². The lowest BCUT2D eigenvalue weighted by molar-refractivity contribution is 0.124. The summed E-state index contributed by atoms with van der Waals surface area (Å²) in [6.07, 6.45) is 2.59. The number of pyridine rings is 1. The van der Waals surface area contributed by atoms with Gasteiger partial charge in [0.25, 0.3) is 0 Å². The summed E-state index contributed by atoms with van der Waals surface area (Å²) in [6.45, 7) is 3.23. The van der Waals surface area contributed by atoms with Gasteiger partial charge in [-0.15, -0.1) is 11.3 Å². The molecule has 2 N–H and O–H groups in total. The first-order chi connectivity index (χ1) is 9.16. The highest BCUT2D eigenvalue weighted by molar-refractivity contribution is 7.80. The Morgan fingerprint density at radius 2 is 2.32 bits per heavy atom. The number of aryl methyl sites for hydroxylation is 1. The molecule has 0 fully saturated rings. The van der Waals surface area contributed by atoms with Crippen LogP contribution < -0.4 is 5.73 Å². The second-order valence-corrected chi connectivity index (χ2v) is 5.46. The van der Waals surface area contributed by atoms with Crippen LogP contribution in [0.1, 0.15) is 21.8 Å². The molecule has 0 saturated carbocycles. The van der Waals surface area contributed by atoms with Crippen LogP contribution in [0.25, 0.3) is 0 Å². The number of hydrogen-bond donors (Lipinski definition) is 1. The number of thiocarbonyl (C=S) groups is 1. The first-order valence-corrected chi connectivity index (χ1v) is 7.17. The lowest BCUT2D eigenvalue weighted by Gasteiger charge is -2.05. The molecular weight excluding hydrogens is 278 g/mol. The van der Waals surface area contributed by atoms with Crippen LogP contribution in [0.5, 0.6) is 0 Å². The second kappa shape index (κ2) is 6.70. The molecule has 0 aliphatic rings. The molecule has 0 saturated heterocycles. The van der Waals surface area contributed by atoms with Crippen LogP contribution in [0, 0.1) is 6.92 Å². The van der Waals surface area contributed by atoms with Gasteiger partial charge >= 0.3 is 0 Å². The molecule has 4 nitrogen and oxygen atoms in total. The molecule has 0 aromatic carbocycles. The van der Waals surface area contributed by atoms with E-state index in [1.54, 1.807) is 17.5 Å². The van der Waals surface area contributed by atoms with Gasteiger partial charge in [0.1, 0.15) is 4.99 Å². The number of rotatable bonds is 6. The minimum Gasteiger partial charge on any atom is -0.388 e. The molecule has 19 heavy (non-hydrogen) atoms. The summed E-state index contributed by atoms with van der Waals surface area (Å²) < 4.78 is 5.65. The molecule has 2 aromatic heterocycles. The average Bonchev–Trinajstić information content (AvgIpc) is 2.81. The highest BCUT2D eigenvalue weighted by Crippen LogP contribution is 2.13. The highest BCUT2D eigenvalue weighted by Gasteiger charge is 2.02. The fraction of sp³-hybridized carbons (Fsp3) is 0.308. The fourth-order valence-electron chi connectivity index (χ4n) is 1.62. The zero-order chi connectivity index (χ0) is 13.7. The number of hydrogen-bond acceptors (Lipinski definition) is 5. The molecule has 6 heteroatoms. The van der Waals surface area contributed by atoms with E-state index in [4.69, 9.17) is 22.7 Å². The molecule has 2 rings (SSSR count). The summed E-state index contributed by atoms with van der Waals surface area (Å²) in [7, 11) is 0. The van der Waals surface area contributed by atoms with Crippen molar-refractivity contribution in [2.75, 3.05) is 6.61 Å². The van der Waals surface area contributed by atoms with E-state index in [1.165, 1.54) is 4.88 Å². The third-order valence-electron chi connectivity index (χ3n) is 2.66. The molecule has 0 aliphatic carbocycles. The largest absolute Gasteiger partial charge is 0.388 e. The number of thiazole rings is 1. The number of aromatic nitrogens is 2. The van der Waals surface area contributed by atoms with Crippen molar-refractivity contribution in [3.05, 3.63) is 45.7 Å². The van der Waals surface area contributed by atoms with Crippen molar-refractivity contribution >= 4 is 28.5 Å². The van der Waals surface area contributed by atoms with Gasteiger partial charge in [-0.1, -0.05) is 12.2 Å². The molecule has 0 aliphatic heterocycles. The monoisotopic (exact) mass is 293 g/mol. The van der Waals surface area contributed by atoms with Crippen LogP contribution in [-0.2, 0) is 17.8 Å². The van der Waals surface area contributed by atoms with Crippen molar-refractivity contribution in [1.29, 1.82) is 0 Å². The molecule has 2 aromatic rings. The smallest absolute Gasteiger partial charge is 0.122 e. The van der Waals surface area contributed by atoms with Crippen molar-refractivity contribution in [1.82, 2.24) is 9.97 Å². The van der Waals surface area contributed by atoms with Crippen LogP contribution in [0.15, 0.2) is 23.8 Å². The molecule has 0 radical (unpaired) electrons. The first-order valence-electron chi connectivity index (χ1n) is 5.88. The summed E-state index contributed by atoms with van der Waals surface area (Å²) in [5.74, 6) is 0. The molecule has 0 amide bonds. The Bertz CT molecular complexity index is 569. The van der Waals surface area contributed by atoms with E-state index in [9.17, 15) is 0 Å². The first kappa shape index (κ1) is 14.0. The van der Waals surface area contributed by atoms with E-state index >= 15 is 0 Å². The van der Waals surface area contributed by atoms with Gasteiger partial charge in [-0.05, 0) is 24.6 Å². The van der Waals surface area contributed by atoms with Crippen molar-refractivity contribution in [3.63, 3.8) is 0 Å². The maximum absolute atomic E-state index is 5.65. The minimum atomic E-state index is 0.308. The van der Waals surface area contributed by atoms with E-state index in [0.717, 1.165) is 17.7 Å². The van der Waals surface area contributed by atoms with Crippen LogP contribution in [0.3, 0.4) is 0 Å². The summed E-state index contributed by atoms with van der Waals surface area (Å²) in [4.78, 5) is 9.89. The third-order valence-corrected chi connectivity index (χ3v) is 3.87. The van der Waals surface area contributed by atoms with Gasteiger partial charge in [-0.25, -0.2) is 4.98 Å². The van der Waals surface area contributed by atoms with E-state index in [0.29, 0.717) is 23.9 Å². The van der Waals surface area contributed by atoms with Crippen LogP contribution in [0.2, 0.25) is 0 Å². The molecule has 2 heterocycles. The Labute approximate surface area is 121 Å². The van der Waals surface area contributed by atoms with Crippen LogP contribution in [-0.4, -0.2) is 21.6 Å². The van der Waals surface area contributed by atoms with Gasteiger partial charge in [-0.3, -0.25) is 4.98 Å². The lowest BCUT2D eigenvalue weighted by atomic mass is 10.2.